The van der Waals surface area contributed by atoms with E-state index in [9.17, 15) is 0 Å². The van der Waals surface area contributed by atoms with Crippen LogP contribution in [-0.2, 0) is 6.42 Å². The van der Waals surface area contributed by atoms with Crippen LogP contribution in [0, 0.1) is 0 Å². The Morgan fingerprint density at radius 1 is 0.923 bits per heavy atom. The number of nitrogens with one attached hydrogen (secondary N) is 1. The highest BCUT2D eigenvalue weighted by Crippen LogP contribution is 2.48. The summed E-state index contributed by atoms with van der Waals surface area (Å²) >= 11 is 0. The molecule has 2 heterocycles. The van der Waals surface area contributed by atoms with Gasteiger partial charge < -0.3 is 14.8 Å². The molecule has 2 aliphatic heterocycles. The van der Waals surface area contributed by atoms with Gasteiger partial charge in [-0.1, -0.05) is 42.5 Å². The fraction of sp³-hybridized carbons (Fsp3) is 0.304. The maximum absolute atomic E-state index is 6.16. The number of fused-ring (bicyclic) bond motifs is 6. The summed E-state index contributed by atoms with van der Waals surface area (Å²) in [5, 5.41) is 6.25. The zero-order valence-corrected chi connectivity index (χ0v) is 15.0. The Balaban J connectivity index is 1.36. The van der Waals surface area contributed by atoms with Gasteiger partial charge in [0.15, 0.2) is 11.5 Å². The quantitative estimate of drug-likeness (QED) is 0.710. The number of hydrogen-bond acceptors (Lipinski definition) is 3. The van der Waals surface area contributed by atoms with Gasteiger partial charge in [0.2, 0.25) is 0 Å². The van der Waals surface area contributed by atoms with Crippen LogP contribution in [0.25, 0.3) is 10.8 Å². The molecule has 1 saturated heterocycles. The molecule has 3 aromatic carbocycles. The molecular formula is C23H23NO2. The molecule has 0 spiro atoms. The van der Waals surface area contributed by atoms with Gasteiger partial charge in [-0.15, -0.1) is 0 Å². The number of hydrogen-bond donors (Lipinski definition) is 1. The SMILES string of the molecule is COc1cc2c(cc1OCCc1cccc3ccccc13)[C@H]1CC[C@@H]2N1. The Labute approximate surface area is 153 Å². The molecule has 3 heteroatoms. The molecule has 2 atom stereocenters. The molecule has 3 aromatic rings. The van der Waals surface area contributed by atoms with Crippen LogP contribution in [0.15, 0.2) is 54.6 Å². The van der Waals surface area contributed by atoms with Gasteiger partial charge in [-0.3, -0.25) is 0 Å². The first kappa shape index (κ1) is 15.7. The van der Waals surface area contributed by atoms with Gasteiger partial charge in [-0.05, 0) is 52.4 Å². The Morgan fingerprint density at radius 2 is 1.65 bits per heavy atom. The van der Waals surface area contributed by atoms with Crippen molar-refractivity contribution in [3.8, 4) is 11.5 Å². The summed E-state index contributed by atoms with van der Waals surface area (Å²) in [4.78, 5) is 0. The summed E-state index contributed by atoms with van der Waals surface area (Å²) in [6.07, 6.45) is 3.33. The lowest BCUT2D eigenvalue weighted by molar-refractivity contribution is 0.297. The molecule has 3 nitrogen and oxygen atoms in total. The summed E-state index contributed by atoms with van der Waals surface area (Å²) in [6, 6.07) is 20.3. The Morgan fingerprint density at radius 3 is 2.46 bits per heavy atom. The lowest BCUT2D eigenvalue weighted by atomic mass is 9.91. The van der Waals surface area contributed by atoms with Gasteiger partial charge in [0.05, 0.1) is 13.7 Å². The normalized spacial score (nSPS) is 20.3. The van der Waals surface area contributed by atoms with Crippen molar-refractivity contribution in [3.63, 3.8) is 0 Å². The average Bonchev–Trinajstić information content (AvgIpc) is 3.30. The van der Waals surface area contributed by atoms with Crippen LogP contribution in [-0.4, -0.2) is 13.7 Å². The molecule has 0 unspecified atom stereocenters. The summed E-state index contributed by atoms with van der Waals surface area (Å²) in [7, 11) is 1.72. The second-order valence-electron chi connectivity index (χ2n) is 7.22. The molecule has 2 bridgehead atoms. The van der Waals surface area contributed by atoms with Crippen LogP contribution in [0.3, 0.4) is 0 Å². The minimum absolute atomic E-state index is 0.487. The molecule has 26 heavy (non-hydrogen) atoms. The molecule has 0 aliphatic carbocycles. The average molecular weight is 345 g/mol. The van der Waals surface area contributed by atoms with E-state index in [1.807, 2.05) is 0 Å². The van der Waals surface area contributed by atoms with Crippen molar-refractivity contribution in [1.82, 2.24) is 5.32 Å². The van der Waals surface area contributed by atoms with Crippen molar-refractivity contribution in [2.75, 3.05) is 13.7 Å². The number of ether oxygens (including phenoxy) is 2. The topological polar surface area (TPSA) is 30.5 Å². The van der Waals surface area contributed by atoms with Crippen LogP contribution in [0.2, 0.25) is 0 Å². The molecule has 2 aliphatic rings. The Kier molecular flexibility index (Phi) is 3.83. The lowest BCUT2D eigenvalue weighted by Crippen LogP contribution is -2.06. The molecule has 0 saturated carbocycles. The number of benzene rings is 3. The third kappa shape index (κ3) is 2.55. The first-order valence-electron chi connectivity index (χ1n) is 9.41. The number of methoxy groups -OCH3 is 1. The van der Waals surface area contributed by atoms with Gasteiger partial charge in [0, 0.05) is 18.5 Å². The van der Waals surface area contributed by atoms with E-state index in [1.165, 1.54) is 40.3 Å². The van der Waals surface area contributed by atoms with Gasteiger partial charge in [0.1, 0.15) is 0 Å². The largest absolute Gasteiger partial charge is 0.493 e. The summed E-state index contributed by atoms with van der Waals surface area (Å²) in [5.74, 6) is 1.71. The van der Waals surface area contributed by atoms with Gasteiger partial charge in [0.25, 0.3) is 0 Å². The zero-order valence-electron chi connectivity index (χ0n) is 15.0. The first-order chi connectivity index (χ1) is 12.8. The first-order valence-corrected chi connectivity index (χ1v) is 9.41. The molecule has 0 aromatic heterocycles. The molecule has 1 N–H and O–H groups in total. The summed E-state index contributed by atoms with van der Waals surface area (Å²) < 4.78 is 11.8. The van der Waals surface area contributed by atoms with Crippen LogP contribution in [0.5, 0.6) is 11.5 Å². The smallest absolute Gasteiger partial charge is 0.161 e. The van der Waals surface area contributed by atoms with Crippen LogP contribution >= 0.6 is 0 Å². The fourth-order valence-electron chi connectivity index (χ4n) is 4.48. The molecular weight excluding hydrogens is 322 g/mol. The van der Waals surface area contributed by atoms with E-state index in [1.54, 1.807) is 7.11 Å². The highest BCUT2D eigenvalue weighted by molar-refractivity contribution is 5.85. The molecule has 5 rings (SSSR count). The maximum Gasteiger partial charge on any atom is 0.161 e. The third-order valence-electron chi connectivity index (χ3n) is 5.78. The van der Waals surface area contributed by atoms with E-state index < -0.39 is 0 Å². The van der Waals surface area contributed by atoms with Crippen LogP contribution in [0.1, 0.15) is 41.6 Å². The predicted octanol–water partition coefficient (Wildman–Crippen LogP) is 4.95. The highest BCUT2D eigenvalue weighted by Gasteiger charge is 2.37. The van der Waals surface area contributed by atoms with E-state index in [0.717, 1.165) is 17.9 Å². The highest BCUT2D eigenvalue weighted by atomic mass is 16.5. The van der Waals surface area contributed by atoms with Crippen molar-refractivity contribution < 1.29 is 9.47 Å². The Hall–Kier alpha value is -2.52. The molecule has 0 amide bonds. The molecule has 1 fully saturated rings. The minimum Gasteiger partial charge on any atom is -0.493 e. The standard InChI is InChI=1S/C23H23NO2/c1-25-22-13-18-19(21-10-9-20(18)24-21)14-23(22)26-12-11-16-7-4-6-15-5-2-3-8-17(15)16/h2-8,13-14,20-21,24H,9-12H2,1H3/t20-,21+/m0/s1. The zero-order chi connectivity index (χ0) is 17.5. The van der Waals surface area contributed by atoms with Crippen molar-refractivity contribution in [2.45, 2.75) is 31.3 Å². The predicted molar refractivity (Wildman–Crippen MR) is 104 cm³/mol. The second kappa shape index (κ2) is 6.33. The second-order valence-corrected chi connectivity index (χ2v) is 7.22. The monoisotopic (exact) mass is 345 g/mol. The van der Waals surface area contributed by atoms with Crippen LogP contribution < -0.4 is 14.8 Å². The molecule has 132 valence electrons. The summed E-state index contributed by atoms with van der Waals surface area (Å²) in [5.41, 5.74) is 4.10. The van der Waals surface area contributed by atoms with E-state index in [2.05, 4.69) is 59.9 Å². The van der Waals surface area contributed by atoms with E-state index in [4.69, 9.17) is 9.47 Å². The van der Waals surface area contributed by atoms with Crippen molar-refractivity contribution in [2.24, 2.45) is 0 Å². The van der Waals surface area contributed by atoms with E-state index in [-0.39, 0.29) is 0 Å². The Bertz CT molecular complexity index is 960. The van der Waals surface area contributed by atoms with Gasteiger partial charge in [-0.25, -0.2) is 0 Å². The molecule has 0 radical (unpaired) electrons. The van der Waals surface area contributed by atoms with Crippen molar-refractivity contribution in [1.29, 1.82) is 0 Å². The minimum atomic E-state index is 0.487. The lowest BCUT2D eigenvalue weighted by Gasteiger charge is -2.18. The maximum atomic E-state index is 6.16. The third-order valence-corrected chi connectivity index (χ3v) is 5.78. The van der Waals surface area contributed by atoms with Crippen LogP contribution in [0.4, 0.5) is 0 Å². The van der Waals surface area contributed by atoms with Crippen molar-refractivity contribution in [3.05, 3.63) is 71.3 Å². The van der Waals surface area contributed by atoms with Crippen molar-refractivity contribution >= 4 is 10.8 Å². The van der Waals surface area contributed by atoms with Gasteiger partial charge in [-0.2, -0.15) is 0 Å². The van der Waals surface area contributed by atoms with E-state index in [0.29, 0.717) is 18.7 Å². The number of rotatable bonds is 5. The van der Waals surface area contributed by atoms with Gasteiger partial charge >= 0.3 is 0 Å². The van der Waals surface area contributed by atoms with E-state index >= 15 is 0 Å². The fourth-order valence-corrected chi connectivity index (χ4v) is 4.48. The summed E-state index contributed by atoms with van der Waals surface area (Å²) in [6.45, 7) is 0.644.